The lowest BCUT2D eigenvalue weighted by molar-refractivity contribution is 0.190. The minimum Gasteiger partial charge on any atom is -0.332 e. The first kappa shape index (κ1) is 16.1. The van der Waals surface area contributed by atoms with E-state index in [1.807, 2.05) is 42.8 Å². The van der Waals surface area contributed by atoms with Crippen molar-refractivity contribution in [1.82, 2.24) is 15.2 Å². The van der Waals surface area contributed by atoms with Crippen LogP contribution in [0.1, 0.15) is 37.4 Å². The number of aromatic nitrogens is 1. The van der Waals surface area contributed by atoms with Gasteiger partial charge in [0.25, 0.3) is 0 Å². The number of carbonyl (C=O) groups excluding carboxylic acids is 1. The second-order valence-corrected chi connectivity index (χ2v) is 7.16. The van der Waals surface area contributed by atoms with Gasteiger partial charge in [0.1, 0.15) is 0 Å². The molecule has 0 unspecified atom stereocenters. The first-order valence-electron chi connectivity index (χ1n) is 7.64. The maximum atomic E-state index is 12.3. The Labute approximate surface area is 131 Å². The van der Waals surface area contributed by atoms with Gasteiger partial charge in [0.05, 0.1) is 12.2 Å². The molecular weight excluding hydrogens is 282 g/mol. The van der Waals surface area contributed by atoms with Crippen LogP contribution in [0.5, 0.6) is 0 Å². The Balaban J connectivity index is 1.82. The van der Waals surface area contributed by atoms with Gasteiger partial charge in [-0.15, -0.1) is 0 Å². The normalized spacial score (nSPS) is 21.3. The number of amides is 2. The summed E-state index contributed by atoms with van der Waals surface area (Å²) in [6.07, 6.45) is 5.22. The number of thioether (sulfide) groups is 1. The summed E-state index contributed by atoms with van der Waals surface area (Å²) in [4.78, 5) is 18.4. The van der Waals surface area contributed by atoms with E-state index in [2.05, 4.69) is 17.2 Å². The molecule has 1 aliphatic carbocycles. The molecular formula is C16H25N3OS. The number of aryl methyl sites for hydroxylation is 1. The number of pyridine rings is 1. The Bertz CT molecular complexity index is 480. The summed E-state index contributed by atoms with van der Waals surface area (Å²) in [7, 11) is 1.91. The molecule has 1 saturated carbocycles. The summed E-state index contributed by atoms with van der Waals surface area (Å²) < 4.78 is 0. The smallest absolute Gasteiger partial charge is 0.317 e. The minimum absolute atomic E-state index is 0.00667. The molecule has 1 aliphatic rings. The van der Waals surface area contributed by atoms with Crippen molar-refractivity contribution >= 4 is 17.8 Å². The zero-order valence-electron chi connectivity index (χ0n) is 13.1. The van der Waals surface area contributed by atoms with Crippen LogP contribution in [0, 0.1) is 6.92 Å². The highest BCUT2D eigenvalue weighted by Gasteiger charge is 2.29. The molecule has 2 rings (SSSR count). The molecule has 0 radical (unpaired) electrons. The highest BCUT2D eigenvalue weighted by Crippen LogP contribution is 2.32. The van der Waals surface area contributed by atoms with E-state index in [1.165, 1.54) is 6.42 Å². The van der Waals surface area contributed by atoms with E-state index in [0.717, 1.165) is 29.9 Å². The van der Waals surface area contributed by atoms with Crippen molar-refractivity contribution in [3.63, 3.8) is 0 Å². The number of carbonyl (C=O) groups is 1. The molecule has 5 heteroatoms. The van der Waals surface area contributed by atoms with Crippen LogP contribution in [0.3, 0.4) is 0 Å². The van der Waals surface area contributed by atoms with Crippen molar-refractivity contribution in [2.45, 2.75) is 50.9 Å². The largest absolute Gasteiger partial charge is 0.332 e. The van der Waals surface area contributed by atoms with E-state index in [9.17, 15) is 4.79 Å². The van der Waals surface area contributed by atoms with E-state index < -0.39 is 0 Å². The van der Waals surface area contributed by atoms with Gasteiger partial charge in [-0.1, -0.05) is 13.0 Å². The van der Waals surface area contributed by atoms with Crippen molar-refractivity contribution in [2.24, 2.45) is 0 Å². The summed E-state index contributed by atoms with van der Waals surface area (Å²) in [6, 6.07) is 4.31. The fraction of sp³-hybridized carbons (Fsp3) is 0.625. The number of nitrogens with zero attached hydrogens (tertiary/aromatic N) is 2. The second kappa shape index (κ2) is 7.69. The molecule has 0 aliphatic heterocycles. The maximum absolute atomic E-state index is 12.3. The molecule has 0 bridgehead atoms. The van der Waals surface area contributed by atoms with Crippen molar-refractivity contribution in [3.8, 4) is 0 Å². The fourth-order valence-electron chi connectivity index (χ4n) is 2.81. The van der Waals surface area contributed by atoms with Crippen molar-refractivity contribution in [1.29, 1.82) is 0 Å². The molecule has 1 aromatic heterocycles. The standard InChI is InChI=1S/C16H25N3OS/c1-4-21-14-8-7-13(10-14)19(3)16(20)18-11-15-12(2)6-5-9-17-15/h5-6,9,13-14H,4,7-8,10-11H2,1-3H3,(H,18,20)/t13-,14+/m0/s1. The van der Waals surface area contributed by atoms with Gasteiger partial charge in [-0.3, -0.25) is 4.98 Å². The van der Waals surface area contributed by atoms with Gasteiger partial charge in [0.2, 0.25) is 0 Å². The lowest BCUT2D eigenvalue weighted by Crippen LogP contribution is -2.42. The van der Waals surface area contributed by atoms with E-state index in [1.54, 1.807) is 6.20 Å². The molecule has 21 heavy (non-hydrogen) atoms. The molecule has 4 nitrogen and oxygen atoms in total. The number of rotatable bonds is 5. The Morgan fingerprint density at radius 2 is 2.33 bits per heavy atom. The molecule has 1 fully saturated rings. The van der Waals surface area contributed by atoms with Gasteiger partial charge >= 0.3 is 6.03 Å². The second-order valence-electron chi connectivity index (χ2n) is 5.58. The Hall–Kier alpha value is -1.23. The number of hydrogen-bond acceptors (Lipinski definition) is 3. The summed E-state index contributed by atoms with van der Waals surface area (Å²) >= 11 is 2.02. The zero-order valence-corrected chi connectivity index (χ0v) is 13.9. The van der Waals surface area contributed by atoms with Gasteiger partial charge in [0, 0.05) is 24.5 Å². The van der Waals surface area contributed by atoms with Gasteiger partial charge in [-0.2, -0.15) is 11.8 Å². The molecule has 0 aromatic carbocycles. The average Bonchev–Trinajstić information content (AvgIpc) is 2.94. The molecule has 1 heterocycles. The highest BCUT2D eigenvalue weighted by atomic mass is 32.2. The van der Waals surface area contributed by atoms with Crippen LogP contribution in [-0.4, -0.2) is 40.0 Å². The molecule has 1 aromatic rings. The van der Waals surface area contributed by atoms with Crippen molar-refractivity contribution in [3.05, 3.63) is 29.6 Å². The van der Waals surface area contributed by atoms with Crippen LogP contribution in [0.15, 0.2) is 18.3 Å². The van der Waals surface area contributed by atoms with Crippen LogP contribution in [0.25, 0.3) is 0 Å². The van der Waals surface area contributed by atoms with Crippen molar-refractivity contribution in [2.75, 3.05) is 12.8 Å². The summed E-state index contributed by atoms with van der Waals surface area (Å²) in [5.41, 5.74) is 2.05. The van der Waals surface area contributed by atoms with Gasteiger partial charge in [0.15, 0.2) is 0 Å². The molecule has 0 saturated heterocycles. The van der Waals surface area contributed by atoms with E-state index in [-0.39, 0.29) is 6.03 Å². The maximum Gasteiger partial charge on any atom is 0.317 e. The predicted octanol–water partition coefficient (Wildman–Crippen LogP) is 3.21. The van der Waals surface area contributed by atoms with Crippen LogP contribution in [-0.2, 0) is 6.54 Å². The average molecular weight is 307 g/mol. The molecule has 116 valence electrons. The van der Waals surface area contributed by atoms with Crippen molar-refractivity contribution < 1.29 is 4.79 Å². The predicted molar refractivity (Wildman–Crippen MR) is 88.5 cm³/mol. The minimum atomic E-state index is 0.00667. The van der Waals surface area contributed by atoms with Gasteiger partial charge in [-0.05, 0) is 43.6 Å². The first-order valence-corrected chi connectivity index (χ1v) is 8.69. The lowest BCUT2D eigenvalue weighted by atomic mass is 10.2. The van der Waals surface area contributed by atoms with Gasteiger partial charge in [-0.25, -0.2) is 4.79 Å². The third kappa shape index (κ3) is 4.37. The quantitative estimate of drug-likeness (QED) is 0.908. The Morgan fingerprint density at radius 3 is 3.05 bits per heavy atom. The third-order valence-corrected chi connectivity index (χ3v) is 5.39. The molecule has 1 N–H and O–H groups in total. The highest BCUT2D eigenvalue weighted by molar-refractivity contribution is 7.99. The van der Waals surface area contributed by atoms with Crippen LogP contribution >= 0.6 is 11.8 Å². The van der Waals surface area contributed by atoms with E-state index >= 15 is 0 Å². The fourth-order valence-corrected chi connectivity index (χ4v) is 3.94. The van der Waals surface area contributed by atoms with E-state index in [4.69, 9.17) is 0 Å². The number of nitrogens with one attached hydrogen (secondary N) is 1. The number of urea groups is 1. The van der Waals surface area contributed by atoms with E-state index in [0.29, 0.717) is 17.8 Å². The lowest BCUT2D eigenvalue weighted by Gasteiger charge is -2.25. The Kier molecular flexibility index (Phi) is 5.91. The molecule has 0 spiro atoms. The topological polar surface area (TPSA) is 45.2 Å². The van der Waals surface area contributed by atoms with Crippen LogP contribution in [0.4, 0.5) is 4.79 Å². The molecule has 2 amide bonds. The number of hydrogen-bond donors (Lipinski definition) is 1. The van der Waals surface area contributed by atoms with Crippen LogP contribution in [0.2, 0.25) is 0 Å². The third-order valence-electron chi connectivity index (χ3n) is 4.15. The summed E-state index contributed by atoms with van der Waals surface area (Å²) in [5.74, 6) is 1.16. The monoisotopic (exact) mass is 307 g/mol. The Morgan fingerprint density at radius 1 is 1.52 bits per heavy atom. The van der Waals surface area contributed by atoms with Crippen LogP contribution < -0.4 is 5.32 Å². The summed E-state index contributed by atoms with van der Waals surface area (Å²) in [5, 5.41) is 3.70. The first-order chi connectivity index (χ1) is 10.1. The zero-order chi connectivity index (χ0) is 15.2. The summed E-state index contributed by atoms with van der Waals surface area (Å²) in [6.45, 7) is 4.71. The SMILES string of the molecule is CCS[C@@H]1CC[C@H](N(C)C(=O)NCc2ncccc2C)C1. The van der Waals surface area contributed by atoms with Gasteiger partial charge < -0.3 is 10.2 Å². The molecule has 2 atom stereocenters.